The molecule has 1 heteroatoms. The third-order valence-corrected chi connectivity index (χ3v) is 2.10. The summed E-state index contributed by atoms with van der Waals surface area (Å²) in [6.07, 6.45) is 3.03. The summed E-state index contributed by atoms with van der Waals surface area (Å²) in [5.41, 5.74) is 2.38. The molecule has 0 heterocycles. The first-order valence-electron chi connectivity index (χ1n) is 4.24. The van der Waals surface area contributed by atoms with E-state index in [9.17, 15) is 0 Å². The summed E-state index contributed by atoms with van der Waals surface area (Å²) in [4.78, 5) is 0. The van der Waals surface area contributed by atoms with Gasteiger partial charge >= 0.3 is 0 Å². The van der Waals surface area contributed by atoms with E-state index >= 15 is 0 Å². The highest BCUT2D eigenvalue weighted by molar-refractivity contribution is 9.11. The fourth-order valence-electron chi connectivity index (χ4n) is 1.07. The number of rotatable bonds is 3. The van der Waals surface area contributed by atoms with Gasteiger partial charge in [0.05, 0.1) is 0 Å². The van der Waals surface area contributed by atoms with Crippen LogP contribution in [0.3, 0.4) is 0 Å². The van der Waals surface area contributed by atoms with Gasteiger partial charge in [0.25, 0.3) is 0 Å². The van der Waals surface area contributed by atoms with Crippen LogP contribution in [0, 0.1) is 0 Å². The molecule has 1 rings (SSSR count). The van der Waals surface area contributed by atoms with Crippen LogP contribution in [0.2, 0.25) is 0 Å². The average Bonchev–Trinajstić information content (AvgIpc) is 2.04. The molecule has 0 amide bonds. The fourth-order valence-corrected chi connectivity index (χ4v) is 1.81. The number of allylic oxidation sites excluding steroid dienone is 2. The van der Waals surface area contributed by atoms with E-state index in [4.69, 9.17) is 0 Å². The SMILES string of the molecule is C=C(C)C/C(Br)=C/c1ccccc1. The van der Waals surface area contributed by atoms with Crippen molar-refractivity contribution in [3.05, 3.63) is 52.5 Å². The van der Waals surface area contributed by atoms with Crippen molar-refractivity contribution in [1.82, 2.24) is 0 Å². The zero-order valence-electron chi connectivity index (χ0n) is 7.76. The number of hydrogen-bond acceptors (Lipinski definition) is 0. The minimum Gasteiger partial charge on any atom is -0.0998 e. The standard InChI is InChI=1S/C12H13Br/c1-10(2)8-12(13)9-11-6-4-3-5-7-11/h3-7,9H,1,8H2,2H3/b12-9-. The van der Waals surface area contributed by atoms with Crippen molar-refractivity contribution in [2.75, 3.05) is 0 Å². The lowest BCUT2D eigenvalue weighted by Crippen LogP contribution is -1.76. The fraction of sp³-hybridized carbons (Fsp3) is 0.167. The molecule has 0 unspecified atom stereocenters. The minimum atomic E-state index is 0.912. The molecule has 1 aromatic rings. The molecule has 68 valence electrons. The van der Waals surface area contributed by atoms with Crippen LogP contribution in [-0.4, -0.2) is 0 Å². The molecule has 1 aromatic carbocycles. The molecule has 0 aromatic heterocycles. The van der Waals surface area contributed by atoms with Crippen LogP contribution in [-0.2, 0) is 0 Å². The van der Waals surface area contributed by atoms with E-state index in [2.05, 4.69) is 40.7 Å². The lowest BCUT2D eigenvalue weighted by molar-refractivity contribution is 1.22. The maximum Gasteiger partial charge on any atom is -0.000318 e. The van der Waals surface area contributed by atoms with Gasteiger partial charge in [0.15, 0.2) is 0 Å². The molecule has 0 aliphatic carbocycles. The van der Waals surface area contributed by atoms with E-state index in [0.717, 1.165) is 6.42 Å². The van der Waals surface area contributed by atoms with Crippen molar-refractivity contribution in [2.24, 2.45) is 0 Å². The summed E-state index contributed by atoms with van der Waals surface area (Å²) in [6.45, 7) is 5.89. The van der Waals surface area contributed by atoms with Gasteiger partial charge in [0, 0.05) is 0 Å². The largest absolute Gasteiger partial charge is 0.0998 e. The monoisotopic (exact) mass is 236 g/mol. The summed E-state index contributed by atoms with van der Waals surface area (Å²) in [6, 6.07) is 10.3. The molecule has 13 heavy (non-hydrogen) atoms. The predicted octanol–water partition coefficient (Wildman–Crippen LogP) is 4.39. The van der Waals surface area contributed by atoms with Crippen LogP contribution in [0.15, 0.2) is 47.0 Å². The number of benzene rings is 1. The molecular weight excluding hydrogens is 224 g/mol. The quantitative estimate of drug-likeness (QED) is 0.684. The Bertz CT molecular complexity index is 309. The first-order valence-corrected chi connectivity index (χ1v) is 5.03. The molecule has 0 bridgehead atoms. The zero-order chi connectivity index (χ0) is 9.68. The molecule has 0 saturated heterocycles. The van der Waals surface area contributed by atoms with E-state index in [-0.39, 0.29) is 0 Å². The summed E-state index contributed by atoms with van der Waals surface area (Å²) >= 11 is 3.52. The van der Waals surface area contributed by atoms with Crippen molar-refractivity contribution in [3.8, 4) is 0 Å². The molecule has 0 saturated carbocycles. The summed E-state index contributed by atoms with van der Waals surface area (Å²) in [5, 5.41) is 0. The Kier molecular flexibility index (Phi) is 3.97. The molecule has 0 radical (unpaired) electrons. The van der Waals surface area contributed by atoms with Crippen LogP contribution in [0.25, 0.3) is 6.08 Å². The third kappa shape index (κ3) is 4.09. The maximum atomic E-state index is 3.87. The Morgan fingerprint density at radius 2 is 2.00 bits per heavy atom. The van der Waals surface area contributed by atoms with Crippen molar-refractivity contribution < 1.29 is 0 Å². The van der Waals surface area contributed by atoms with Gasteiger partial charge in [-0.25, -0.2) is 0 Å². The predicted molar refractivity (Wildman–Crippen MR) is 62.8 cm³/mol. The van der Waals surface area contributed by atoms with E-state index < -0.39 is 0 Å². The third-order valence-electron chi connectivity index (χ3n) is 1.59. The molecular formula is C12H13Br. The Labute approximate surface area is 88.1 Å². The lowest BCUT2D eigenvalue weighted by atomic mass is 10.1. The smallest absolute Gasteiger partial charge is 0.000318 e. The maximum absolute atomic E-state index is 3.87. The van der Waals surface area contributed by atoms with Gasteiger partial charge in [-0.2, -0.15) is 0 Å². The van der Waals surface area contributed by atoms with Gasteiger partial charge in [-0.05, 0) is 29.5 Å². The summed E-state index contributed by atoms with van der Waals surface area (Å²) in [7, 11) is 0. The number of hydrogen-bond donors (Lipinski definition) is 0. The number of halogens is 1. The van der Waals surface area contributed by atoms with E-state index in [1.165, 1.54) is 15.6 Å². The van der Waals surface area contributed by atoms with E-state index in [0.29, 0.717) is 0 Å². The van der Waals surface area contributed by atoms with Crippen LogP contribution in [0.4, 0.5) is 0 Å². The second kappa shape index (κ2) is 5.03. The van der Waals surface area contributed by atoms with E-state index in [1.807, 2.05) is 25.1 Å². The summed E-state index contributed by atoms with van der Waals surface area (Å²) < 4.78 is 1.17. The highest BCUT2D eigenvalue weighted by atomic mass is 79.9. The van der Waals surface area contributed by atoms with Crippen molar-refractivity contribution >= 4 is 22.0 Å². The first-order chi connectivity index (χ1) is 6.18. The molecule has 0 fully saturated rings. The highest BCUT2D eigenvalue weighted by Crippen LogP contribution is 2.18. The molecule has 0 N–H and O–H groups in total. The highest BCUT2D eigenvalue weighted by Gasteiger charge is 1.92. The second-order valence-corrected chi connectivity index (χ2v) is 4.15. The second-order valence-electron chi connectivity index (χ2n) is 3.14. The molecule has 0 nitrogen and oxygen atoms in total. The van der Waals surface area contributed by atoms with Gasteiger partial charge in [-0.1, -0.05) is 58.4 Å². The van der Waals surface area contributed by atoms with Gasteiger partial charge in [-0.3, -0.25) is 0 Å². The zero-order valence-corrected chi connectivity index (χ0v) is 9.34. The molecule has 0 aliphatic heterocycles. The minimum absolute atomic E-state index is 0.912. The van der Waals surface area contributed by atoms with Crippen LogP contribution < -0.4 is 0 Å². The Balaban J connectivity index is 2.71. The van der Waals surface area contributed by atoms with Gasteiger partial charge in [0.2, 0.25) is 0 Å². The van der Waals surface area contributed by atoms with Crippen LogP contribution in [0.1, 0.15) is 18.9 Å². The molecule has 0 aliphatic rings. The Hall–Kier alpha value is -0.820. The molecule has 0 spiro atoms. The normalized spacial score (nSPS) is 11.4. The van der Waals surface area contributed by atoms with Crippen molar-refractivity contribution in [1.29, 1.82) is 0 Å². The van der Waals surface area contributed by atoms with Crippen molar-refractivity contribution in [2.45, 2.75) is 13.3 Å². The average molecular weight is 237 g/mol. The van der Waals surface area contributed by atoms with Gasteiger partial charge in [-0.15, -0.1) is 0 Å². The Morgan fingerprint density at radius 3 is 2.54 bits per heavy atom. The van der Waals surface area contributed by atoms with Crippen LogP contribution >= 0.6 is 15.9 Å². The van der Waals surface area contributed by atoms with E-state index in [1.54, 1.807) is 0 Å². The van der Waals surface area contributed by atoms with Crippen molar-refractivity contribution in [3.63, 3.8) is 0 Å². The topological polar surface area (TPSA) is 0 Å². The summed E-state index contributed by atoms with van der Waals surface area (Å²) in [5.74, 6) is 0. The first kappa shape index (κ1) is 10.3. The van der Waals surface area contributed by atoms with Crippen LogP contribution in [0.5, 0.6) is 0 Å². The Morgan fingerprint density at radius 1 is 1.38 bits per heavy atom. The molecule has 0 atom stereocenters. The lowest BCUT2D eigenvalue weighted by Gasteiger charge is -1.98. The van der Waals surface area contributed by atoms with Gasteiger partial charge in [0.1, 0.15) is 0 Å². The van der Waals surface area contributed by atoms with Gasteiger partial charge < -0.3 is 0 Å².